The van der Waals surface area contributed by atoms with E-state index < -0.39 is 20.3 Å². The SMILES string of the molecule is O=S(=O)(C(C=Cc1ccc(Cl)cc1)c1ccc(I)cc1)C(C=Cc1ccc(Cl)cc1)c1ccc(I)cc1. The third-order valence-corrected chi connectivity index (χ3v) is 9.99. The van der Waals surface area contributed by atoms with Crippen molar-refractivity contribution in [3.63, 3.8) is 0 Å². The van der Waals surface area contributed by atoms with E-state index in [1.54, 1.807) is 36.4 Å². The average Bonchev–Trinajstić information content (AvgIpc) is 2.88. The van der Waals surface area contributed by atoms with Gasteiger partial charge in [-0.3, -0.25) is 0 Å². The van der Waals surface area contributed by atoms with E-state index in [-0.39, 0.29) is 0 Å². The number of hydrogen-bond acceptors (Lipinski definition) is 2. The number of benzene rings is 4. The third kappa shape index (κ3) is 7.69. The first-order valence-corrected chi connectivity index (χ1v) is 15.9. The first kappa shape index (κ1) is 28.4. The summed E-state index contributed by atoms with van der Waals surface area (Å²) in [6.45, 7) is 0. The smallest absolute Gasteiger partial charge is 0.171 e. The van der Waals surface area contributed by atoms with Crippen LogP contribution in [0.25, 0.3) is 12.2 Å². The molecule has 0 aromatic heterocycles. The van der Waals surface area contributed by atoms with Crippen LogP contribution in [0.3, 0.4) is 0 Å². The highest BCUT2D eigenvalue weighted by Gasteiger charge is 2.33. The van der Waals surface area contributed by atoms with Gasteiger partial charge >= 0.3 is 0 Å². The van der Waals surface area contributed by atoms with Crippen LogP contribution in [0.1, 0.15) is 32.8 Å². The third-order valence-electron chi connectivity index (χ3n) is 5.77. The second-order valence-corrected chi connectivity index (χ2v) is 13.9. The second kappa shape index (κ2) is 12.9. The molecule has 0 saturated heterocycles. The molecule has 4 aromatic rings. The molecule has 4 rings (SSSR count). The summed E-state index contributed by atoms with van der Waals surface area (Å²) in [5, 5.41) is -0.464. The minimum atomic E-state index is -3.78. The van der Waals surface area contributed by atoms with Crippen molar-refractivity contribution in [2.75, 3.05) is 0 Å². The Labute approximate surface area is 255 Å². The van der Waals surface area contributed by atoms with Crippen molar-refractivity contribution in [3.05, 3.63) is 149 Å². The highest BCUT2D eigenvalue weighted by atomic mass is 127. The van der Waals surface area contributed by atoms with Gasteiger partial charge in [-0.05, 0) is 116 Å². The van der Waals surface area contributed by atoms with Gasteiger partial charge in [-0.2, -0.15) is 0 Å². The van der Waals surface area contributed by atoms with E-state index in [9.17, 15) is 8.42 Å². The summed E-state index contributed by atoms with van der Waals surface area (Å²) in [5.41, 5.74) is 3.16. The molecule has 0 aliphatic rings. The van der Waals surface area contributed by atoms with Gasteiger partial charge in [0.05, 0.1) is 0 Å². The fraction of sp³-hybridized carbons (Fsp3) is 0.0667. The number of halogens is 4. The summed E-state index contributed by atoms with van der Waals surface area (Å²) >= 11 is 16.5. The lowest BCUT2D eigenvalue weighted by atomic mass is 10.1. The van der Waals surface area contributed by atoms with Crippen LogP contribution in [0.4, 0.5) is 0 Å². The molecule has 0 N–H and O–H groups in total. The molecule has 0 amide bonds. The van der Waals surface area contributed by atoms with Crippen LogP contribution in [0, 0.1) is 7.14 Å². The Hall–Kier alpha value is -1.65. The Morgan fingerprint density at radius 2 is 0.865 bits per heavy atom. The van der Waals surface area contributed by atoms with E-state index in [4.69, 9.17) is 23.2 Å². The Kier molecular flexibility index (Phi) is 9.91. The highest BCUT2D eigenvalue weighted by molar-refractivity contribution is 14.1. The van der Waals surface area contributed by atoms with Crippen LogP contribution in [-0.4, -0.2) is 8.42 Å². The molecule has 0 fully saturated rings. The molecular formula is C30H22Cl2I2O2S. The van der Waals surface area contributed by atoms with Gasteiger partial charge in [0.25, 0.3) is 0 Å². The minimum Gasteiger partial charge on any atom is -0.227 e. The summed E-state index contributed by atoms with van der Waals surface area (Å²) in [6.07, 6.45) is 7.20. The summed E-state index contributed by atoms with van der Waals surface area (Å²) in [6, 6.07) is 29.9. The van der Waals surface area contributed by atoms with E-state index in [0.29, 0.717) is 21.2 Å². The van der Waals surface area contributed by atoms with Crippen molar-refractivity contribution >= 4 is 90.4 Å². The topological polar surface area (TPSA) is 34.1 Å². The molecular weight excluding hydrogens is 749 g/mol. The highest BCUT2D eigenvalue weighted by Crippen LogP contribution is 2.37. The first-order valence-electron chi connectivity index (χ1n) is 11.3. The summed E-state index contributed by atoms with van der Waals surface area (Å²) < 4.78 is 30.9. The molecule has 7 heteroatoms. The van der Waals surface area contributed by atoms with Gasteiger partial charge in [0.2, 0.25) is 0 Å². The monoisotopic (exact) mass is 770 g/mol. The van der Waals surface area contributed by atoms with Crippen molar-refractivity contribution in [1.29, 1.82) is 0 Å². The van der Waals surface area contributed by atoms with E-state index in [1.807, 2.05) is 84.9 Å². The predicted molar refractivity (Wildman–Crippen MR) is 174 cm³/mol. The number of hydrogen-bond donors (Lipinski definition) is 0. The molecule has 37 heavy (non-hydrogen) atoms. The number of rotatable bonds is 8. The van der Waals surface area contributed by atoms with Gasteiger partial charge in [-0.15, -0.1) is 0 Å². The van der Waals surface area contributed by atoms with Gasteiger partial charge in [0.1, 0.15) is 10.5 Å². The molecule has 4 aromatic carbocycles. The largest absolute Gasteiger partial charge is 0.227 e. The second-order valence-electron chi connectivity index (χ2n) is 8.35. The molecule has 2 nitrogen and oxygen atoms in total. The molecule has 0 saturated carbocycles. The van der Waals surface area contributed by atoms with Crippen LogP contribution in [0.5, 0.6) is 0 Å². The van der Waals surface area contributed by atoms with Crippen molar-refractivity contribution in [3.8, 4) is 0 Å². The van der Waals surface area contributed by atoms with E-state index in [0.717, 1.165) is 18.3 Å². The zero-order valence-electron chi connectivity index (χ0n) is 19.4. The molecule has 188 valence electrons. The molecule has 2 atom stereocenters. The fourth-order valence-electron chi connectivity index (χ4n) is 3.83. The van der Waals surface area contributed by atoms with Gasteiger partial charge in [-0.1, -0.05) is 96.0 Å². The van der Waals surface area contributed by atoms with Gasteiger partial charge < -0.3 is 0 Å². The molecule has 0 bridgehead atoms. The Bertz CT molecular complexity index is 1390. The molecule has 2 unspecified atom stereocenters. The predicted octanol–water partition coefficient (Wildman–Crippen LogP) is 9.83. The van der Waals surface area contributed by atoms with Crippen molar-refractivity contribution in [1.82, 2.24) is 0 Å². The Balaban J connectivity index is 1.81. The van der Waals surface area contributed by atoms with Crippen LogP contribution in [0.2, 0.25) is 10.0 Å². The molecule has 0 spiro atoms. The van der Waals surface area contributed by atoms with E-state index >= 15 is 0 Å². The van der Waals surface area contributed by atoms with Crippen LogP contribution in [0.15, 0.2) is 109 Å². The molecule has 0 aliphatic heterocycles. The maximum Gasteiger partial charge on any atom is 0.171 e. The molecule has 0 aliphatic carbocycles. The van der Waals surface area contributed by atoms with E-state index in [1.165, 1.54) is 0 Å². The van der Waals surface area contributed by atoms with Gasteiger partial charge in [0, 0.05) is 17.2 Å². The summed E-state index contributed by atoms with van der Waals surface area (Å²) in [4.78, 5) is 0. The summed E-state index contributed by atoms with van der Waals surface area (Å²) in [5.74, 6) is 0. The standard InChI is InChI=1S/C30H22Cl2I2O2S/c31-25-11-1-21(2-12-25)5-19-29(23-7-15-27(33)16-8-23)37(35,36)30(24-9-17-28(34)18-10-24)20-6-22-3-13-26(32)14-4-22/h1-20,29-30H. The average molecular weight is 771 g/mol. The fourth-order valence-corrected chi connectivity index (χ4v) is 6.78. The zero-order valence-corrected chi connectivity index (χ0v) is 26.1. The first-order chi connectivity index (χ1) is 17.7. The minimum absolute atomic E-state index is 0.630. The lowest BCUT2D eigenvalue weighted by Gasteiger charge is -2.22. The Morgan fingerprint density at radius 3 is 1.19 bits per heavy atom. The van der Waals surface area contributed by atoms with Crippen LogP contribution >= 0.6 is 68.4 Å². The van der Waals surface area contributed by atoms with Crippen molar-refractivity contribution < 1.29 is 8.42 Å². The summed E-state index contributed by atoms with van der Waals surface area (Å²) in [7, 11) is -3.78. The number of sulfone groups is 1. The quantitative estimate of drug-likeness (QED) is 0.167. The van der Waals surface area contributed by atoms with Crippen molar-refractivity contribution in [2.24, 2.45) is 0 Å². The molecule has 0 heterocycles. The lowest BCUT2D eigenvalue weighted by Crippen LogP contribution is -2.19. The zero-order chi connectivity index (χ0) is 26.4. The van der Waals surface area contributed by atoms with Crippen LogP contribution < -0.4 is 0 Å². The van der Waals surface area contributed by atoms with E-state index in [2.05, 4.69) is 45.2 Å². The van der Waals surface area contributed by atoms with Gasteiger partial charge in [-0.25, -0.2) is 8.42 Å². The molecule has 0 radical (unpaired) electrons. The van der Waals surface area contributed by atoms with Crippen molar-refractivity contribution in [2.45, 2.75) is 10.5 Å². The maximum atomic E-state index is 14.4. The van der Waals surface area contributed by atoms with Crippen LogP contribution in [-0.2, 0) is 9.84 Å². The Morgan fingerprint density at radius 1 is 0.541 bits per heavy atom. The lowest BCUT2D eigenvalue weighted by molar-refractivity contribution is 0.584. The maximum absolute atomic E-state index is 14.4. The normalized spacial score (nSPS) is 13.7. The van der Waals surface area contributed by atoms with Gasteiger partial charge in [0.15, 0.2) is 9.84 Å².